The lowest BCUT2D eigenvalue weighted by Gasteiger charge is -2.33. The molecule has 5 fully saturated rings. The van der Waals surface area contributed by atoms with Gasteiger partial charge in [-0.25, -0.2) is 13.4 Å². The minimum absolute atomic E-state index is 0.157. The highest BCUT2D eigenvalue weighted by atomic mass is 32.2. The van der Waals surface area contributed by atoms with Crippen molar-refractivity contribution < 1.29 is 18.1 Å². The van der Waals surface area contributed by atoms with Gasteiger partial charge in [-0.15, -0.1) is 0 Å². The second kappa shape index (κ2) is 6.18. The van der Waals surface area contributed by atoms with Crippen molar-refractivity contribution >= 4 is 15.8 Å². The molecule has 5 aliphatic rings. The van der Waals surface area contributed by atoms with Gasteiger partial charge in [0.25, 0.3) is 5.91 Å². The van der Waals surface area contributed by atoms with Crippen LogP contribution >= 0.6 is 0 Å². The molecule has 0 radical (unpaired) electrons. The molecule has 6 rings (SSSR count). The summed E-state index contributed by atoms with van der Waals surface area (Å²) in [6.07, 6.45) is 9.62. The Balaban J connectivity index is 1.39. The molecular weight excluding hydrogens is 379 g/mol. The zero-order chi connectivity index (χ0) is 19.7. The van der Waals surface area contributed by atoms with Crippen LogP contribution in [0, 0.1) is 33.8 Å². The molecule has 3 unspecified atom stereocenters. The van der Waals surface area contributed by atoms with Gasteiger partial charge in [0, 0.05) is 17.7 Å². The van der Waals surface area contributed by atoms with Crippen LogP contribution in [0.4, 0.5) is 4.39 Å². The molecular formula is C21H27FN2O3S. The van der Waals surface area contributed by atoms with Crippen molar-refractivity contribution in [3.05, 3.63) is 29.1 Å². The summed E-state index contributed by atoms with van der Waals surface area (Å²) in [6.45, 7) is 0.644. The zero-order valence-electron chi connectivity index (χ0n) is 16.1. The number of benzene rings is 1. The van der Waals surface area contributed by atoms with Gasteiger partial charge < -0.3 is 4.74 Å². The largest absolute Gasteiger partial charge is 0.493 e. The van der Waals surface area contributed by atoms with Gasteiger partial charge in [0.2, 0.25) is 0 Å². The van der Waals surface area contributed by atoms with E-state index in [0.717, 1.165) is 42.4 Å². The number of carbonyl (C=O) groups is 1. The third-order valence-corrected chi connectivity index (χ3v) is 7.90. The van der Waals surface area contributed by atoms with Crippen molar-refractivity contribution in [2.24, 2.45) is 23.2 Å². The second-order valence-corrected chi connectivity index (χ2v) is 11.5. The predicted molar refractivity (Wildman–Crippen MR) is 104 cm³/mol. The van der Waals surface area contributed by atoms with Gasteiger partial charge in [-0.2, -0.15) is 0 Å². The van der Waals surface area contributed by atoms with E-state index < -0.39 is 21.6 Å². The van der Waals surface area contributed by atoms with Crippen LogP contribution in [0.1, 0.15) is 66.8 Å². The van der Waals surface area contributed by atoms with E-state index in [-0.39, 0.29) is 16.9 Å². The number of hydrogen-bond acceptors (Lipinski definition) is 4. The molecule has 0 heterocycles. The molecule has 152 valence electrons. The fraction of sp³-hybridized carbons (Fsp3) is 0.667. The number of carbonyl (C=O) groups excluding carboxylic acids is 1. The molecule has 1 amide bonds. The number of ether oxygens (including phenoxy) is 1. The normalized spacial score (nSPS) is 35.0. The molecule has 5 aliphatic carbocycles. The minimum Gasteiger partial charge on any atom is -0.493 e. The van der Waals surface area contributed by atoms with Crippen LogP contribution in [-0.2, 0) is 9.92 Å². The van der Waals surface area contributed by atoms with E-state index >= 15 is 0 Å². The van der Waals surface area contributed by atoms with Crippen molar-refractivity contribution in [2.45, 2.75) is 50.9 Å². The van der Waals surface area contributed by atoms with Crippen LogP contribution in [0.25, 0.3) is 0 Å². The summed E-state index contributed by atoms with van der Waals surface area (Å²) < 4.78 is 41.9. The van der Waals surface area contributed by atoms with Crippen LogP contribution in [0.2, 0.25) is 0 Å². The zero-order valence-corrected chi connectivity index (χ0v) is 16.9. The highest BCUT2D eigenvalue weighted by Gasteiger charge is 2.58. The molecule has 2 N–H and O–H groups in total. The number of halogens is 1. The monoisotopic (exact) mass is 406 g/mol. The first-order valence-corrected chi connectivity index (χ1v) is 12.2. The Morgan fingerprint density at radius 1 is 1.29 bits per heavy atom. The topological polar surface area (TPSA) is 79.3 Å². The fourth-order valence-corrected chi connectivity index (χ4v) is 6.70. The van der Waals surface area contributed by atoms with E-state index in [4.69, 9.17) is 9.52 Å². The SMILES string of the molecule is CS(=N)(=O)NC(=O)c1cc(C2CC2)c(OCC23CC4CC(CC2C4)C3)cc1F. The Morgan fingerprint density at radius 3 is 2.57 bits per heavy atom. The van der Waals surface area contributed by atoms with E-state index in [1.807, 2.05) is 0 Å². The quantitative estimate of drug-likeness (QED) is 0.742. The predicted octanol–water partition coefficient (Wildman–Crippen LogP) is 4.23. The number of hydrogen-bond donors (Lipinski definition) is 2. The Hall–Kier alpha value is -1.63. The number of nitrogens with one attached hydrogen (secondary N) is 2. The standard InChI is InChI=1S/C21H27FN2O3S/c1-28(23,26)24-20(25)17-7-16(14-2-3-14)19(8-18(17)22)27-11-21-9-12-4-13(10-21)6-15(21)5-12/h7-8,12-15H,2-6,9-11H2,1H3,(H2,23,24,25,26). The molecule has 0 saturated heterocycles. The van der Waals surface area contributed by atoms with Crippen molar-refractivity contribution in [3.8, 4) is 5.75 Å². The lowest BCUT2D eigenvalue weighted by molar-refractivity contribution is 0.0976. The summed E-state index contributed by atoms with van der Waals surface area (Å²) in [5.74, 6) is 1.80. The van der Waals surface area contributed by atoms with Crippen molar-refractivity contribution in [1.29, 1.82) is 4.78 Å². The van der Waals surface area contributed by atoms with Crippen LogP contribution in [0.3, 0.4) is 0 Å². The number of rotatable bonds is 6. The van der Waals surface area contributed by atoms with Crippen LogP contribution in [0.15, 0.2) is 12.1 Å². The average Bonchev–Trinajstić information content (AvgIpc) is 3.35. The summed E-state index contributed by atoms with van der Waals surface area (Å²) in [5.41, 5.74) is 0.975. The van der Waals surface area contributed by atoms with Crippen LogP contribution in [0.5, 0.6) is 5.75 Å². The third kappa shape index (κ3) is 3.21. The summed E-state index contributed by atoms with van der Waals surface area (Å²) >= 11 is 0. The maximum atomic E-state index is 14.7. The Morgan fingerprint density at radius 2 is 1.96 bits per heavy atom. The molecule has 5 saturated carbocycles. The first kappa shape index (κ1) is 18.4. The second-order valence-electron chi connectivity index (χ2n) is 9.61. The molecule has 7 heteroatoms. The van der Waals surface area contributed by atoms with Crippen molar-refractivity contribution in [3.63, 3.8) is 0 Å². The first-order chi connectivity index (χ1) is 13.2. The lowest BCUT2D eigenvalue weighted by atomic mass is 9.76. The minimum atomic E-state index is -3.25. The summed E-state index contributed by atoms with van der Waals surface area (Å²) in [4.78, 5) is 12.3. The number of amides is 1. The summed E-state index contributed by atoms with van der Waals surface area (Å²) in [6, 6.07) is 2.86. The Bertz CT molecular complexity index is 927. The van der Waals surface area contributed by atoms with Gasteiger partial charge in [0.15, 0.2) is 0 Å². The van der Waals surface area contributed by atoms with E-state index in [1.54, 1.807) is 6.07 Å². The smallest absolute Gasteiger partial charge is 0.266 e. The van der Waals surface area contributed by atoms with E-state index in [1.165, 1.54) is 38.2 Å². The third-order valence-electron chi connectivity index (χ3n) is 7.32. The van der Waals surface area contributed by atoms with Crippen LogP contribution < -0.4 is 9.46 Å². The van der Waals surface area contributed by atoms with Crippen molar-refractivity contribution in [2.75, 3.05) is 12.9 Å². The molecule has 3 atom stereocenters. The molecule has 28 heavy (non-hydrogen) atoms. The molecule has 0 aromatic heterocycles. The van der Waals surface area contributed by atoms with E-state index in [2.05, 4.69) is 4.72 Å². The van der Waals surface area contributed by atoms with Gasteiger partial charge in [0.1, 0.15) is 21.5 Å². The lowest BCUT2D eigenvalue weighted by Crippen LogP contribution is -2.31. The molecule has 0 aliphatic heterocycles. The van der Waals surface area contributed by atoms with Gasteiger partial charge in [-0.1, -0.05) is 0 Å². The maximum absolute atomic E-state index is 14.7. The van der Waals surface area contributed by atoms with Crippen LogP contribution in [-0.4, -0.2) is 23.0 Å². The van der Waals surface area contributed by atoms with Gasteiger partial charge in [-0.05, 0) is 80.2 Å². The molecule has 1 aromatic rings. The first-order valence-electron chi connectivity index (χ1n) is 10.2. The van der Waals surface area contributed by atoms with Gasteiger partial charge in [0.05, 0.1) is 12.2 Å². The van der Waals surface area contributed by atoms with Crippen molar-refractivity contribution in [1.82, 2.24) is 4.72 Å². The Labute approximate surface area is 165 Å². The molecule has 4 bridgehead atoms. The average molecular weight is 407 g/mol. The molecule has 1 aromatic carbocycles. The highest BCUT2D eigenvalue weighted by Crippen LogP contribution is 2.65. The molecule has 5 nitrogen and oxygen atoms in total. The maximum Gasteiger partial charge on any atom is 0.266 e. The molecule has 0 spiro atoms. The highest BCUT2D eigenvalue weighted by molar-refractivity contribution is 7.90. The summed E-state index contributed by atoms with van der Waals surface area (Å²) in [5, 5.41) is 0. The van der Waals surface area contributed by atoms with Gasteiger partial charge in [-0.3, -0.25) is 9.52 Å². The Kier molecular flexibility index (Phi) is 4.06. The van der Waals surface area contributed by atoms with E-state index in [9.17, 15) is 13.4 Å². The summed E-state index contributed by atoms with van der Waals surface area (Å²) in [7, 11) is -3.25. The van der Waals surface area contributed by atoms with Gasteiger partial charge >= 0.3 is 0 Å². The van der Waals surface area contributed by atoms with E-state index in [0.29, 0.717) is 12.4 Å². The fourth-order valence-electron chi connectivity index (χ4n) is 6.24.